The summed E-state index contributed by atoms with van der Waals surface area (Å²) >= 11 is 0. The van der Waals surface area contributed by atoms with Gasteiger partial charge >= 0.3 is 5.97 Å². The highest BCUT2D eigenvalue weighted by molar-refractivity contribution is 5.71. The molecule has 0 N–H and O–H groups in total. The van der Waals surface area contributed by atoms with Crippen LogP contribution >= 0.6 is 0 Å². The molecule has 0 unspecified atom stereocenters. The molecule has 0 saturated heterocycles. The molecule has 0 aliphatic carbocycles. The van der Waals surface area contributed by atoms with E-state index < -0.39 is 5.60 Å². The van der Waals surface area contributed by atoms with Crippen molar-refractivity contribution in [1.82, 2.24) is 0 Å². The minimum atomic E-state index is -0.511. The Morgan fingerprint density at radius 3 is 0.723 bits per heavy atom. The summed E-state index contributed by atoms with van der Waals surface area (Å²) < 4.78 is 75.4. The molecule has 0 radical (unpaired) electrons. The largest absolute Gasteiger partial charge is 0.458 e. The van der Waals surface area contributed by atoms with Crippen LogP contribution in [0, 0.1) is 0 Å². The van der Waals surface area contributed by atoms with Crippen molar-refractivity contribution < 1.29 is 71.1 Å². The van der Waals surface area contributed by atoms with Gasteiger partial charge < -0.3 is 66.3 Å². The van der Waals surface area contributed by atoms with Crippen molar-refractivity contribution in [1.29, 1.82) is 0 Å². The fourth-order valence-corrected chi connectivity index (χ4v) is 3.21. The van der Waals surface area contributed by atoms with E-state index in [0.717, 1.165) is 0 Å². The van der Waals surface area contributed by atoms with Gasteiger partial charge in [-0.05, 0) is 27.7 Å². The monoisotopic (exact) mass is 688 g/mol. The molecule has 0 aromatic carbocycles. The maximum atomic E-state index is 11.5. The van der Waals surface area contributed by atoms with Gasteiger partial charge in [0.05, 0.1) is 159 Å². The Morgan fingerprint density at radius 2 is 0.532 bits per heavy atom. The van der Waals surface area contributed by atoms with E-state index in [2.05, 4.69) is 0 Å². The third-order valence-electron chi connectivity index (χ3n) is 5.31. The van der Waals surface area contributed by atoms with Crippen LogP contribution < -0.4 is 0 Å². The Hall–Kier alpha value is -1.05. The first-order valence-corrected chi connectivity index (χ1v) is 16.7. The van der Waals surface area contributed by atoms with Crippen LogP contribution in [0.3, 0.4) is 0 Å². The van der Waals surface area contributed by atoms with Crippen LogP contribution in [0.1, 0.15) is 27.7 Å². The molecule has 15 nitrogen and oxygen atoms in total. The lowest BCUT2D eigenvalue weighted by Crippen LogP contribution is -2.27. The van der Waals surface area contributed by atoms with Crippen LogP contribution in [0.5, 0.6) is 0 Å². The van der Waals surface area contributed by atoms with E-state index in [-0.39, 0.29) is 12.6 Å². The quantitative estimate of drug-likeness (QED) is 0.0680. The zero-order chi connectivity index (χ0) is 34.4. The summed E-state index contributed by atoms with van der Waals surface area (Å²) in [4.78, 5) is 11.5. The van der Waals surface area contributed by atoms with Crippen LogP contribution in [0.15, 0.2) is 0 Å². The normalized spacial score (nSPS) is 11.8. The lowest BCUT2D eigenvalue weighted by molar-refractivity contribution is -0.160. The SMILES string of the molecule is CCOCCOCCOCCOCCOCCOCCOCCOCCOCCOCCOCCOCCOCC(=O)OC(C)(C)C. The number of carbonyl (C=O) groups is 1. The van der Waals surface area contributed by atoms with Gasteiger partial charge in [0.15, 0.2) is 0 Å². The van der Waals surface area contributed by atoms with Gasteiger partial charge in [0.1, 0.15) is 12.2 Å². The van der Waals surface area contributed by atoms with E-state index in [4.69, 9.17) is 66.3 Å². The summed E-state index contributed by atoms with van der Waals surface area (Å²) in [5.41, 5.74) is -0.511. The highest BCUT2D eigenvalue weighted by atomic mass is 16.6. The fourth-order valence-electron chi connectivity index (χ4n) is 3.21. The second-order valence-corrected chi connectivity index (χ2v) is 10.6. The Labute approximate surface area is 282 Å². The van der Waals surface area contributed by atoms with Gasteiger partial charge in [0.25, 0.3) is 0 Å². The highest BCUT2D eigenvalue weighted by Crippen LogP contribution is 2.06. The Kier molecular flexibility index (Phi) is 36.9. The molecule has 15 heteroatoms. The van der Waals surface area contributed by atoms with Gasteiger partial charge in [-0.15, -0.1) is 0 Å². The van der Waals surface area contributed by atoms with Crippen molar-refractivity contribution in [3.05, 3.63) is 0 Å². The molecule has 0 heterocycles. The predicted octanol–water partition coefficient (Wildman–Crippen LogP) is 1.56. The first-order valence-electron chi connectivity index (χ1n) is 16.7. The molecular formula is C32H64O15. The molecule has 0 bridgehead atoms. The van der Waals surface area contributed by atoms with Gasteiger partial charge in [0.2, 0.25) is 0 Å². The molecule has 0 aliphatic heterocycles. The van der Waals surface area contributed by atoms with Crippen molar-refractivity contribution in [2.75, 3.05) is 172 Å². The molecule has 0 aliphatic rings. The van der Waals surface area contributed by atoms with E-state index >= 15 is 0 Å². The number of carbonyl (C=O) groups excluding carboxylic acids is 1. The number of ether oxygens (including phenoxy) is 14. The van der Waals surface area contributed by atoms with E-state index in [1.165, 1.54) is 0 Å². The van der Waals surface area contributed by atoms with Crippen LogP contribution in [0.2, 0.25) is 0 Å². The van der Waals surface area contributed by atoms with Crippen LogP contribution in [-0.2, 0) is 71.1 Å². The van der Waals surface area contributed by atoms with Gasteiger partial charge in [0, 0.05) is 6.61 Å². The lowest BCUT2D eigenvalue weighted by Gasteiger charge is -2.19. The van der Waals surface area contributed by atoms with Crippen molar-refractivity contribution >= 4 is 5.97 Å². The van der Waals surface area contributed by atoms with Gasteiger partial charge in [-0.3, -0.25) is 0 Å². The van der Waals surface area contributed by atoms with Gasteiger partial charge in [-0.2, -0.15) is 0 Å². The lowest BCUT2D eigenvalue weighted by atomic mass is 10.2. The summed E-state index contributed by atoms with van der Waals surface area (Å²) in [6.45, 7) is 19.9. The minimum absolute atomic E-state index is 0.0837. The second-order valence-electron chi connectivity index (χ2n) is 10.6. The number of rotatable bonds is 39. The average molecular weight is 689 g/mol. The third-order valence-corrected chi connectivity index (χ3v) is 5.31. The molecule has 0 fully saturated rings. The van der Waals surface area contributed by atoms with Crippen LogP contribution in [0.25, 0.3) is 0 Å². The molecule has 0 aromatic rings. The molecule has 282 valence electrons. The van der Waals surface area contributed by atoms with Crippen molar-refractivity contribution in [3.63, 3.8) is 0 Å². The maximum Gasteiger partial charge on any atom is 0.332 e. The number of hydrogen-bond donors (Lipinski definition) is 0. The maximum absolute atomic E-state index is 11.5. The Morgan fingerprint density at radius 1 is 0.340 bits per heavy atom. The zero-order valence-corrected chi connectivity index (χ0v) is 29.5. The highest BCUT2D eigenvalue weighted by Gasteiger charge is 2.15. The summed E-state index contributed by atoms with van der Waals surface area (Å²) in [6, 6.07) is 0. The van der Waals surface area contributed by atoms with Crippen LogP contribution in [0.4, 0.5) is 0 Å². The first kappa shape index (κ1) is 46.0. The molecule has 0 amide bonds. The minimum Gasteiger partial charge on any atom is -0.458 e. The van der Waals surface area contributed by atoms with Crippen molar-refractivity contribution in [2.45, 2.75) is 33.3 Å². The number of esters is 1. The van der Waals surface area contributed by atoms with Gasteiger partial charge in [-0.25, -0.2) is 4.79 Å². The summed E-state index contributed by atoms with van der Waals surface area (Å²) in [7, 11) is 0. The molecule has 0 atom stereocenters. The topological polar surface area (TPSA) is 146 Å². The average Bonchev–Trinajstić information content (AvgIpc) is 3.03. The van der Waals surface area contributed by atoms with Crippen molar-refractivity contribution in [2.24, 2.45) is 0 Å². The van der Waals surface area contributed by atoms with Crippen LogP contribution in [-0.4, -0.2) is 183 Å². The Bertz CT molecular complexity index is 622. The predicted molar refractivity (Wildman–Crippen MR) is 172 cm³/mol. The molecule has 0 spiro atoms. The molecule has 0 saturated carbocycles. The summed E-state index contributed by atoms with van der Waals surface area (Å²) in [5, 5.41) is 0. The Balaban J connectivity index is 3.09. The summed E-state index contributed by atoms with van der Waals surface area (Å²) in [6.07, 6.45) is 0. The fraction of sp³-hybridized carbons (Fsp3) is 0.969. The molecule has 47 heavy (non-hydrogen) atoms. The summed E-state index contributed by atoms with van der Waals surface area (Å²) in [5.74, 6) is -0.387. The molecular weight excluding hydrogens is 624 g/mol. The van der Waals surface area contributed by atoms with E-state index in [0.29, 0.717) is 165 Å². The van der Waals surface area contributed by atoms with Crippen molar-refractivity contribution in [3.8, 4) is 0 Å². The molecule has 0 rings (SSSR count). The smallest absolute Gasteiger partial charge is 0.332 e. The van der Waals surface area contributed by atoms with E-state index in [1.54, 1.807) is 0 Å². The standard InChI is InChI=1S/C32H64O15/c1-5-34-6-7-35-8-9-36-10-11-37-12-13-38-14-15-39-16-17-40-18-19-41-20-21-42-22-23-43-24-25-44-26-27-45-28-29-46-30-31(33)47-32(2,3)4/h5-30H2,1-4H3. The first-order chi connectivity index (χ1) is 23.0. The number of hydrogen-bond acceptors (Lipinski definition) is 15. The third kappa shape index (κ3) is 42.9. The van der Waals surface area contributed by atoms with E-state index in [9.17, 15) is 4.79 Å². The van der Waals surface area contributed by atoms with Gasteiger partial charge in [-0.1, -0.05) is 0 Å². The molecule has 0 aromatic heterocycles. The second kappa shape index (κ2) is 37.8. The zero-order valence-electron chi connectivity index (χ0n) is 29.5. The van der Waals surface area contributed by atoms with E-state index in [1.807, 2.05) is 27.7 Å².